The van der Waals surface area contributed by atoms with Crippen molar-refractivity contribution in [1.29, 1.82) is 0 Å². The lowest BCUT2D eigenvalue weighted by Crippen LogP contribution is -2.33. The van der Waals surface area contributed by atoms with E-state index < -0.39 is 0 Å². The maximum atomic E-state index is 13.2. The number of aryl methyl sites for hydroxylation is 2. The zero-order valence-electron chi connectivity index (χ0n) is 19.4. The van der Waals surface area contributed by atoms with Crippen molar-refractivity contribution in [3.63, 3.8) is 0 Å². The van der Waals surface area contributed by atoms with Gasteiger partial charge >= 0.3 is 0 Å². The first kappa shape index (κ1) is 26.5. The molecule has 1 heterocycles. The number of hydrogen-bond donors (Lipinski definition) is 0. The van der Waals surface area contributed by atoms with Crippen LogP contribution in [0.2, 0.25) is 0 Å². The highest BCUT2D eigenvalue weighted by molar-refractivity contribution is 7.99. The van der Waals surface area contributed by atoms with Crippen molar-refractivity contribution in [2.24, 2.45) is 0 Å². The van der Waals surface area contributed by atoms with Crippen molar-refractivity contribution < 1.29 is 9.53 Å². The molecule has 174 valence electrons. The smallest absolute Gasteiger partial charge is 0.229 e. The third kappa shape index (κ3) is 6.85. The maximum absolute atomic E-state index is 13.2. The van der Waals surface area contributed by atoms with Crippen LogP contribution in [-0.4, -0.2) is 55.8 Å². The number of nitrogens with zero attached hydrogens (tertiary/aromatic N) is 3. The number of aromatic nitrogens is 1. The number of thiazole rings is 1. The van der Waals surface area contributed by atoms with E-state index in [9.17, 15) is 4.79 Å². The Balaban J connectivity index is 0.00000363. The molecule has 0 spiro atoms. The molecular weight excluding hydrogens is 462 g/mol. The lowest BCUT2D eigenvalue weighted by molar-refractivity contribution is -0.118. The van der Waals surface area contributed by atoms with Crippen LogP contribution in [0.15, 0.2) is 41.3 Å². The van der Waals surface area contributed by atoms with Gasteiger partial charge in [0.05, 0.1) is 17.3 Å². The lowest BCUT2D eigenvalue weighted by Gasteiger charge is -2.21. The summed E-state index contributed by atoms with van der Waals surface area (Å²) in [4.78, 5) is 23.2. The van der Waals surface area contributed by atoms with Crippen molar-refractivity contribution in [2.45, 2.75) is 31.6 Å². The number of thioether (sulfide) groups is 1. The van der Waals surface area contributed by atoms with Crippen LogP contribution in [-0.2, 0) is 4.79 Å². The molecule has 0 N–H and O–H groups in total. The number of halogens is 1. The van der Waals surface area contributed by atoms with Crippen molar-refractivity contribution in [2.75, 3.05) is 44.9 Å². The standard InChI is InChI=1S/C24H31N3O2S2.ClH/c1-17-7-8-18(2)23-22(17)25-24(31-23)27(15-6-14-26(3)4)21(28)13-16-30-20-11-9-19(29-5)10-12-20;/h7-12H,6,13-16H2,1-5H3;1H. The number of rotatable bonds is 10. The predicted octanol–water partition coefficient (Wildman–Crippen LogP) is 5.81. The number of ether oxygens (including phenoxy) is 1. The van der Waals surface area contributed by atoms with E-state index in [4.69, 9.17) is 9.72 Å². The van der Waals surface area contributed by atoms with E-state index in [2.05, 4.69) is 45.0 Å². The summed E-state index contributed by atoms with van der Waals surface area (Å²) in [6, 6.07) is 12.2. The van der Waals surface area contributed by atoms with Gasteiger partial charge in [0.25, 0.3) is 0 Å². The van der Waals surface area contributed by atoms with E-state index in [1.54, 1.807) is 30.2 Å². The Labute approximate surface area is 205 Å². The number of amides is 1. The van der Waals surface area contributed by atoms with E-state index in [0.29, 0.717) is 13.0 Å². The minimum absolute atomic E-state index is 0. The molecule has 5 nitrogen and oxygen atoms in total. The molecule has 0 radical (unpaired) electrons. The quantitative estimate of drug-likeness (QED) is 0.333. The van der Waals surface area contributed by atoms with Gasteiger partial charge in [0, 0.05) is 23.6 Å². The fourth-order valence-electron chi connectivity index (χ4n) is 3.30. The summed E-state index contributed by atoms with van der Waals surface area (Å²) in [6.45, 7) is 5.80. The van der Waals surface area contributed by atoms with Gasteiger partial charge < -0.3 is 9.64 Å². The molecular formula is C24H32ClN3O2S2. The Bertz CT molecular complexity index is 983. The van der Waals surface area contributed by atoms with Gasteiger partial charge in [-0.15, -0.1) is 24.2 Å². The average Bonchev–Trinajstić information content (AvgIpc) is 3.20. The number of anilines is 1. The van der Waals surface area contributed by atoms with Crippen LogP contribution in [0.5, 0.6) is 5.75 Å². The fraction of sp³-hybridized carbons (Fsp3) is 0.417. The third-order valence-electron chi connectivity index (χ3n) is 5.09. The lowest BCUT2D eigenvalue weighted by atomic mass is 10.1. The molecule has 0 saturated carbocycles. The molecule has 3 aromatic rings. The molecule has 3 rings (SSSR count). The second-order valence-electron chi connectivity index (χ2n) is 7.85. The largest absolute Gasteiger partial charge is 0.497 e. The highest BCUT2D eigenvalue weighted by atomic mass is 35.5. The van der Waals surface area contributed by atoms with Gasteiger partial charge in [-0.25, -0.2) is 4.98 Å². The Morgan fingerprint density at radius 1 is 1.06 bits per heavy atom. The molecule has 1 aromatic heterocycles. The van der Waals surface area contributed by atoms with Crippen LogP contribution in [0, 0.1) is 13.8 Å². The first-order valence-corrected chi connectivity index (χ1v) is 12.3. The summed E-state index contributed by atoms with van der Waals surface area (Å²) in [5.74, 6) is 1.71. The monoisotopic (exact) mass is 493 g/mol. The summed E-state index contributed by atoms with van der Waals surface area (Å²) in [5, 5.41) is 0.811. The SMILES string of the molecule is COc1ccc(SCCC(=O)N(CCCN(C)C)c2nc3c(C)ccc(C)c3s2)cc1.Cl. The molecule has 1 amide bonds. The number of methoxy groups -OCH3 is 1. The summed E-state index contributed by atoms with van der Waals surface area (Å²) in [7, 11) is 5.78. The minimum atomic E-state index is 0. The highest BCUT2D eigenvalue weighted by Crippen LogP contribution is 2.33. The first-order chi connectivity index (χ1) is 14.9. The molecule has 0 bridgehead atoms. The molecule has 0 aliphatic rings. The van der Waals surface area contributed by atoms with Crippen LogP contribution >= 0.6 is 35.5 Å². The number of carbonyl (C=O) groups is 1. The Morgan fingerprint density at radius 3 is 2.38 bits per heavy atom. The van der Waals surface area contributed by atoms with E-state index in [1.807, 2.05) is 29.2 Å². The summed E-state index contributed by atoms with van der Waals surface area (Å²) >= 11 is 3.32. The second-order valence-corrected chi connectivity index (χ2v) is 10.00. The summed E-state index contributed by atoms with van der Waals surface area (Å²) < 4.78 is 6.38. The normalized spacial score (nSPS) is 10.9. The van der Waals surface area contributed by atoms with Crippen LogP contribution in [0.1, 0.15) is 24.0 Å². The summed E-state index contributed by atoms with van der Waals surface area (Å²) in [5.41, 5.74) is 3.37. The topological polar surface area (TPSA) is 45.7 Å². The maximum Gasteiger partial charge on any atom is 0.229 e. The van der Waals surface area contributed by atoms with E-state index >= 15 is 0 Å². The fourth-order valence-corrected chi connectivity index (χ4v) is 5.29. The Morgan fingerprint density at radius 2 is 1.75 bits per heavy atom. The summed E-state index contributed by atoms with van der Waals surface area (Å²) in [6.07, 6.45) is 1.39. The number of benzene rings is 2. The number of hydrogen-bond acceptors (Lipinski definition) is 6. The van der Waals surface area contributed by atoms with Crippen molar-refractivity contribution in [3.05, 3.63) is 47.5 Å². The highest BCUT2D eigenvalue weighted by Gasteiger charge is 2.20. The van der Waals surface area contributed by atoms with Gasteiger partial charge in [-0.05, 0) is 76.3 Å². The van der Waals surface area contributed by atoms with Crippen LogP contribution in [0.25, 0.3) is 10.2 Å². The molecule has 0 aliphatic carbocycles. The first-order valence-electron chi connectivity index (χ1n) is 10.5. The van der Waals surface area contributed by atoms with Gasteiger partial charge in [0.2, 0.25) is 5.91 Å². The molecule has 0 unspecified atom stereocenters. The Kier molecular flexibility index (Phi) is 10.3. The molecule has 0 atom stereocenters. The van der Waals surface area contributed by atoms with Gasteiger partial charge in [0.15, 0.2) is 5.13 Å². The third-order valence-corrected chi connectivity index (χ3v) is 7.32. The van der Waals surface area contributed by atoms with Crippen molar-refractivity contribution in [3.8, 4) is 5.75 Å². The molecule has 0 fully saturated rings. The van der Waals surface area contributed by atoms with Crippen LogP contribution < -0.4 is 9.64 Å². The average molecular weight is 494 g/mol. The molecule has 2 aromatic carbocycles. The zero-order chi connectivity index (χ0) is 22.4. The van der Waals surface area contributed by atoms with Gasteiger partial charge in [-0.3, -0.25) is 9.69 Å². The molecule has 32 heavy (non-hydrogen) atoms. The Hall–Kier alpha value is -1.80. The second kappa shape index (κ2) is 12.4. The molecule has 8 heteroatoms. The van der Waals surface area contributed by atoms with Crippen LogP contribution in [0.3, 0.4) is 0 Å². The van der Waals surface area contributed by atoms with E-state index in [0.717, 1.165) is 45.6 Å². The van der Waals surface area contributed by atoms with Gasteiger partial charge in [-0.2, -0.15) is 0 Å². The van der Waals surface area contributed by atoms with Gasteiger partial charge in [-0.1, -0.05) is 23.5 Å². The number of fused-ring (bicyclic) bond motifs is 1. The minimum Gasteiger partial charge on any atom is -0.497 e. The predicted molar refractivity (Wildman–Crippen MR) is 140 cm³/mol. The van der Waals surface area contributed by atoms with Crippen LogP contribution in [0.4, 0.5) is 5.13 Å². The zero-order valence-corrected chi connectivity index (χ0v) is 21.8. The van der Waals surface area contributed by atoms with Crippen molar-refractivity contribution in [1.82, 2.24) is 9.88 Å². The molecule has 0 aliphatic heterocycles. The van der Waals surface area contributed by atoms with Crippen molar-refractivity contribution >= 4 is 56.8 Å². The van der Waals surface area contributed by atoms with E-state index in [-0.39, 0.29) is 18.3 Å². The van der Waals surface area contributed by atoms with E-state index in [1.165, 1.54) is 10.3 Å². The molecule has 0 saturated heterocycles. The van der Waals surface area contributed by atoms with Gasteiger partial charge in [0.1, 0.15) is 5.75 Å². The number of carbonyl (C=O) groups excluding carboxylic acids is 1.